The molecule has 0 saturated heterocycles. The molecule has 6 heteroatoms. The quantitative estimate of drug-likeness (QED) is 0.122. The second kappa shape index (κ2) is 16.9. The lowest BCUT2D eigenvalue weighted by atomic mass is 9.87. The average Bonchev–Trinajstić information content (AvgIpc) is 2.86. The van der Waals surface area contributed by atoms with Crippen molar-refractivity contribution in [2.24, 2.45) is 5.92 Å². The van der Waals surface area contributed by atoms with E-state index in [0.29, 0.717) is 25.2 Å². The Bertz CT molecular complexity index is 782. The number of rotatable bonds is 15. The van der Waals surface area contributed by atoms with Gasteiger partial charge < -0.3 is 14.2 Å². The van der Waals surface area contributed by atoms with Gasteiger partial charge in [-0.1, -0.05) is 82.2 Å². The average molecular weight is 487 g/mol. The summed E-state index contributed by atoms with van der Waals surface area (Å²) in [6, 6.07) is 9.90. The molecule has 6 nitrogen and oxygen atoms in total. The number of aryl methyl sites for hydroxylation is 1. The normalized spacial score (nSPS) is 15.9. The third-order valence-electron chi connectivity index (χ3n) is 6.41. The van der Waals surface area contributed by atoms with Crippen LogP contribution in [-0.2, 0) is 35.0 Å². The van der Waals surface area contributed by atoms with Crippen molar-refractivity contribution in [2.75, 3.05) is 0 Å². The molecular weight excluding hydrogens is 444 g/mol. The van der Waals surface area contributed by atoms with Crippen molar-refractivity contribution in [1.82, 2.24) is 0 Å². The molecule has 0 unspecified atom stereocenters. The first kappa shape index (κ1) is 28.6. The zero-order valence-corrected chi connectivity index (χ0v) is 21.4. The summed E-state index contributed by atoms with van der Waals surface area (Å²) in [5.74, 6) is -1.18. The Balaban J connectivity index is 1.91. The van der Waals surface area contributed by atoms with E-state index in [-0.39, 0.29) is 0 Å². The smallest absolute Gasteiger partial charge is 0.352 e. The van der Waals surface area contributed by atoms with Gasteiger partial charge in [0.05, 0.1) is 6.26 Å². The lowest BCUT2D eigenvalue weighted by Gasteiger charge is -2.21. The number of hydrogen-bond acceptors (Lipinski definition) is 6. The first-order valence-corrected chi connectivity index (χ1v) is 13.3. The monoisotopic (exact) mass is 486 g/mol. The van der Waals surface area contributed by atoms with E-state index in [4.69, 9.17) is 14.2 Å². The number of benzene rings is 1. The second-order valence-electron chi connectivity index (χ2n) is 9.45. The van der Waals surface area contributed by atoms with Crippen molar-refractivity contribution in [2.45, 2.75) is 110 Å². The fourth-order valence-electron chi connectivity index (χ4n) is 4.44. The molecule has 0 amide bonds. The van der Waals surface area contributed by atoms with Gasteiger partial charge in [-0.2, -0.15) is 0 Å². The van der Waals surface area contributed by atoms with Gasteiger partial charge in [-0.05, 0) is 56.1 Å². The van der Waals surface area contributed by atoms with Gasteiger partial charge >= 0.3 is 17.9 Å². The van der Waals surface area contributed by atoms with Crippen molar-refractivity contribution in [3.05, 3.63) is 48.2 Å². The fraction of sp³-hybridized carbons (Fsp3) is 0.621. The molecule has 0 radical (unpaired) electrons. The van der Waals surface area contributed by atoms with Gasteiger partial charge in [-0.15, -0.1) is 0 Å². The van der Waals surface area contributed by atoms with Crippen molar-refractivity contribution in [1.29, 1.82) is 0 Å². The van der Waals surface area contributed by atoms with Crippen LogP contribution in [0, 0.1) is 5.92 Å². The molecular formula is C29H42O6. The summed E-state index contributed by atoms with van der Waals surface area (Å²) in [6.07, 6.45) is 13.2. The molecule has 2 atom stereocenters. The third kappa shape index (κ3) is 12.1. The molecule has 0 bridgehead atoms. The summed E-state index contributed by atoms with van der Waals surface area (Å²) >= 11 is 0. The van der Waals surface area contributed by atoms with Gasteiger partial charge in [0.25, 0.3) is 0 Å². The van der Waals surface area contributed by atoms with Gasteiger partial charge in [-0.25, -0.2) is 9.59 Å². The Morgan fingerprint density at radius 2 is 1.60 bits per heavy atom. The van der Waals surface area contributed by atoms with E-state index in [1.807, 2.05) is 36.4 Å². The van der Waals surface area contributed by atoms with Crippen LogP contribution in [0.25, 0.3) is 0 Å². The Labute approximate surface area is 210 Å². The van der Waals surface area contributed by atoms with Crippen molar-refractivity contribution < 1.29 is 28.6 Å². The van der Waals surface area contributed by atoms with Gasteiger partial charge in [0, 0.05) is 6.92 Å². The molecule has 2 rings (SSSR count). The van der Waals surface area contributed by atoms with Crippen molar-refractivity contribution in [3.8, 4) is 0 Å². The number of allylic oxidation sites excluding steroid dienone is 1. The lowest BCUT2D eigenvalue weighted by Crippen LogP contribution is -2.35. The standard InChI is InChI=1S/C29H42O6/c1-3-4-7-20-26(28(31)33-22-13-19-25-16-10-6-11-17-25)35-29(32)27(34-23(2)30)21-12-18-24-14-8-5-9-15-24/h5,8-9,13-15,22,25-27H,3-4,6-7,10-12,16-21H2,1-2H3/b22-13-/t26-,27-/m1/s1. The molecule has 1 aromatic carbocycles. The van der Waals surface area contributed by atoms with Gasteiger partial charge in [-0.3, -0.25) is 4.79 Å². The van der Waals surface area contributed by atoms with Crippen LogP contribution in [0.3, 0.4) is 0 Å². The number of carbonyl (C=O) groups is 3. The van der Waals surface area contributed by atoms with Crippen LogP contribution in [-0.4, -0.2) is 30.1 Å². The SMILES string of the molecule is CCCCC[C@@H](OC(=O)[C@@H](CCCc1ccccc1)OC(C)=O)C(=O)O/C=C\CC1CCCCC1. The molecule has 1 aliphatic rings. The van der Waals surface area contributed by atoms with Crippen LogP contribution in [0.5, 0.6) is 0 Å². The Morgan fingerprint density at radius 1 is 0.914 bits per heavy atom. The van der Waals surface area contributed by atoms with E-state index in [9.17, 15) is 14.4 Å². The van der Waals surface area contributed by atoms with Crippen LogP contribution in [0.1, 0.15) is 96.5 Å². The Hall–Kier alpha value is -2.63. The molecule has 35 heavy (non-hydrogen) atoms. The van der Waals surface area contributed by atoms with E-state index in [0.717, 1.165) is 37.7 Å². The molecule has 0 spiro atoms. The van der Waals surface area contributed by atoms with E-state index in [2.05, 4.69) is 6.92 Å². The molecule has 1 aromatic rings. The molecule has 1 aliphatic carbocycles. The molecule has 0 N–H and O–H groups in total. The van der Waals surface area contributed by atoms with E-state index in [1.165, 1.54) is 45.3 Å². The van der Waals surface area contributed by atoms with Gasteiger partial charge in [0.2, 0.25) is 0 Å². The second-order valence-corrected chi connectivity index (χ2v) is 9.45. The minimum Gasteiger partial charge on any atom is -0.451 e. The maximum atomic E-state index is 12.9. The Kier molecular flexibility index (Phi) is 13.8. The minimum absolute atomic E-state index is 0.325. The largest absolute Gasteiger partial charge is 0.451 e. The first-order chi connectivity index (χ1) is 17.0. The number of carbonyl (C=O) groups excluding carboxylic acids is 3. The van der Waals surface area contributed by atoms with Crippen LogP contribution < -0.4 is 0 Å². The molecule has 0 aliphatic heterocycles. The summed E-state index contributed by atoms with van der Waals surface area (Å²) < 4.78 is 16.1. The third-order valence-corrected chi connectivity index (χ3v) is 6.41. The predicted octanol–water partition coefficient (Wildman–Crippen LogP) is 6.46. The topological polar surface area (TPSA) is 78.9 Å². The Morgan fingerprint density at radius 3 is 2.29 bits per heavy atom. The van der Waals surface area contributed by atoms with Crippen molar-refractivity contribution in [3.63, 3.8) is 0 Å². The maximum absolute atomic E-state index is 12.9. The number of unbranched alkanes of at least 4 members (excludes halogenated alkanes) is 2. The van der Waals surface area contributed by atoms with Crippen LogP contribution in [0.2, 0.25) is 0 Å². The highest BCUT2D eigenvalue weighted by Crippen LogP contribution is 2.26. The maximum Gasteiger partial charge on any atom is 0.352 e. The molecule has 0 heterocycles. The first-order valence-electron chi connectivity index (χ1n) is 13.3. The summed E-state index contributed by atoms with van der Waals surface area (Å²) in [6.45, 7) is 3.33. The van der Waals surface area contributed by atoms with E-state index < -0.39 is 30.1 Å². The number of ether oxygens (including phenoxy) is 3. The summed E-state index contributed by atoms with van der Waals surface area (Å²) in [4.78, 5) is 37.2. The fourth-order valence-corrected chi connectivity index (χ4v) is 4.44. The molecule has 0 aromatic heterocycles. The van der Waals surface area contributed by atoms with Crippen molar-refractivity contribution >= 4 is 17.9 Å². The van der Waals surface area contributed by atoms with Gasteiger partial charge in [0.15, 0.2) is 12.2 Å². The van der Waals surface area contributed by atoms with E-state index >= 15 is 0 Å². The zero-order chi connectivity index (χ0) is 25.3. The molecule has 1 fully saturated rings. The van der Waals surface area contributed by atoms with Crippen LogP contribution in [0.4, 0.5) is 0 Å². The molecule has 1 saturated carbocycles. The van der Waals surface area contributed by atoms with Crippen LogP contribution in [0.15, 0.2) is 42.7 Å². The predicted molar refractivity (Wildman–Crippen MR) is 135 cm³/mol. The summed E-state index contributed by atoms with van der Waals surface area (Å²) in [5.41, 5.74) is 1.14. The number of hydrogen-bond donors (Lipinski definition) is 0. The van der Waals surface area contributed by atoms with Crippen LogP contribution >= 0.6 is 0 Å². The van der Waals surface area contributed by atoms with Gasteiger partial charge in [0.1, 0.15) is 0 Å². The molecule has 194 valence electrons. The summed E-state index contributed by atoms with van der Waals surface area (Å²) in [7, 11) is 0. The highest BCUT2D eigenvalue weighted by Gasteiger charge is 2.30. The lowest BCUT2D eigenvalue weighted by molar-refractivity contribution is -0.177. The van der Waals surface area contributed by atoms with E-state index in [1.54, 1.807) is 0 Å². The zero-order valence-electron chi connectivity index (χ0n) is 21.4. The summed E-state index contributed by atoms with van der Waals surface area (Å²) in [5, 5.41) is 0. The highest BCUT2D eigenvalue weighted by atomic mass is 16.6. The minimum atomic E-state index is -1.04. The highest BCUT2D eigenvalue weighted by molar-refractivity contribution is 5.83. The number of esters is 3.